The number of amides is 1. The fourth-order valence-electron chi connectivity index (χ4n) is 2.36. The van der Waals surface area contributed by atoms with E-state index in [1.807, 2.05) is 24.3 Å². The van der Waals surface area contributed by atoms with Gasteiger partial charge in [-0.15, -0.1) is 0 Å². The Labute approximate surface area is 141 Å². The number of para-hydroxylation sites is 1. The van der Waals surface area contributed by atoms with Crippen LogP contribution in [0.15, 0.2) is 42.5 Å². The first-order valence-corrected chi connectivity index (χ1v) is 9.20. The maximum absolute atomic E-state index is 11.7. The van der Waals surface area contributed by atoms with E-state index in [2.05, 4.69) is 4.72 Å². The molecule has 1 amide bonds. The van der Waals surface area contributed by atoms with Gasteiger partial charge in [0.1, 0.15) is 0 Å². The van der Waals surface area contributed by atoms with Crippen LogP contribution in [0.4, 0.5) is 5.69 Å². The number of carbonyl (C=O) groups excluding carboxylic acids is 1. The van der Waals surface area contributed by atoms with Crippen LogP contribution in [0.25, 0.3) is 11.1 Å². The molecule has 0 saturated carbocycles. The first-order valence-electron chi connectivity index (χ1n) is 7.30. The van der Waals surface area contributed by atoms with Gasteiger partial charge in [0.05, 0.1) is 24.1 Å². The molecule has 0 unspecified atom stereocenters. The molecule has 2 rings (SSSR count). The number of sulfonamides is 1. The lowest BCUT2D eigenvalue weighted by molar-refractivity contribution is 0.100. The molecule has 0 radical (unpaired) electrons. The Morgan fingerprint density at radius 3 is 2.38 bits per heavy atom. The monoisotopic (exact) mass is 348 g/mol. The lowest BCUT2D eigenvalue weighted by Crippen LogP contribution is -2.18. The van der Waals surface area contributed by atoms with Gasteiger partial charge in [0.2, 0.25) is 10.0 Å². The Bertz CT molecular complexity index is 830. The number of benzene rings is 2. The molecule has 24 heavy (non-hydrogen) atoms. The number of hydrogen-bond donors (Lipinski definition) is 2. The highest BCUT2D eigenvalue weighted by Gasteiger charge is 2.17. The number of ether oxygens (including phenoxy) is 1. The average molecular weight is 348 g/mol. The van der Waals surface area contributed by atoms with E-state index in [0.29, 0.717) is 12.2 Å². The molecule has 2 aromatic carbocycles. The highest BCUT2D eigenvalue weighted by Crippen LogP contribution is 2.32. The van der Waals surface area contributed by atoms with Gasteiger partial charge >= 0.3 is 0 Å². The van der Waals surface area contributed by atoms with Crippen LogP contribution < -0.4 is 10.5 Å². The van der Waals surface area contributed by atoms with Gasteiger partial charge < -0.3 is 10.5 Å². The van der Waals surface area contributed by atoms with E-state index in [-0.39, 0.29) is 11.3 Å². The summed E-state index contributed by atoms with van der Waals surface area (Å²) in [5, 5.41) is 0. The summed E-state index contributed by atoms with van der Waals surface area (Å²) < 4.78 is 30.8. The van der Waals surface area contributed by atoms with Crippen LogP contribution in [0.3, 0.4) is 0 Å². The second kappa shape index (κ2) is 7.46. The molecule has 0 bridgehead atoms. The smallest absolute Gasteiger partial charge is 0.250 e. The summed E-state index contributed by atoms with van der Waals surface area (Å²) in [5.74, 6) is -0.695. The first kappa shape index (κ1) is 18.0. The molecule has 0 heterocycles. The van der Waals surface area contributed by atoms with Crippen LogP contribution in [0.1, 0.15) is 15.9 Å². The SMILES string of the molecule is COCCc1ccc(-c2cccc(C(N)=O)c2NS(C)(=O)=O)cc1. The minimum Gasteiger partial charge on any atom is -0.384 e. The number of rotatable bonds is 7. The van der Waals surface area contributed by atoms with Crippen molar-refractivity contribution < 1.29 is 17.9 Å². The van der Waals surface area contributed by atoms with E-state index in [4.69, 9.17) is 10.5 Å². The summed E-state index contributed by atoms with van der Waals surface area (Å²) in [5.41, 5.74) is 8.17. The number of methoxy groups -OCH3 is 1. The largest absolute Gasteiger partial charge is 0.384 e. The van der Waals surface area contributed by atoms with Gasteiger partial charge in [-0.1, -0.05) is 36.4 Å². The van der Waals surface area contributed by atoms with Crippen molar-refractivity contribution in [1.29, 1.82) is 0 Å². The first-order chi connectivity index (χ1) is 11.3. The van der Waals surface area contributed by atoms with Crippen molar-refractivity contribution in [1.82, 2.24) is 0 Å². The van der Waals surface area contributed by atoms with E-state index >= 15 is 0 Å². The number of nitrogens with one attached hydrogen (secondary N) is 1. The van der Waals surface area contributed by atoms with E-state index in [0.717, 1.165) is 23.8 Å². The molecule has 0 fully saturated rings. The predicted molar refractivity (Wildman–Crippen MR) is 94.4 cm³/mol. The quantitative estimate of drug-likeness (QED) is 0.799. The minimum atomic E-state index is -3.56. The zero-order valence-electron chi connectivity index (χ0n) is 13.6. The maximum Gasteiger partial charge on any atom is 0.250 e. The van der Waals surface area contributed by atoms with Crippen LogP contribution >= 0.6 is 0 Å². The van der Waals surface area contributed by atoms with Crippen LogP contribution in [0.5, 0.6) is 0 Å². The Balaban J connectivity index is 2.49. The standard InChI is InChI=1S/C17H20N2O4S/c1-23-11-10-12-6-8-13(9-7-12)14-4-3-5-15(17(18)20)16(14)19-24(2,21)22/h3-9,19H,10-11H2,1-2H3,(H2,18,20). The molecule has 3 N–H and O–H groups in total. The summed E-state index contributed by atoms with van der Waals surface area (Å²) in [7, 11) is -1.91. The lowest BCUT2D eigenvalue weighted by Gasteiger charge is -2.14. The number of nitrogens with two attached hydrogens (primary N) is 1. The molecule has 0 atom stereocenters. The normalized spacial score (nSPS) is 11.2. The summed E-state index contributed by atoms with van der Waals surface area (Å²) >= 11 is 0. The zero-order chi connectivity index (χ0) is 17.7. The van der Waals surface area contributed by atoms with Gasteiger partial charge in [0, 0.05) is 12.7 Å². The Kier molecular flexibility index (Phi) is 5.58. The van der Waals surface area contributed by atoms with Crippen LogP contribution in [0, 0.1) is 0 Å². The molecule has 0 aliphatic heterocycles. The van der Waals surface area contributed by atoms with Crippen molar-refractivity contribution in [2.45, 2.75) is 6.42 Å². The second-order valence-corrected chi connectivity index (χ2v) is 7.15. The zero-order valence-corrected chi connectivity index (χ0v) is 14.4. The van der Waals surface area contributed by atoms with Crippen LogP contribution in [0.2, 0.25) is 0 Å². The molecule has 0 aliphatic rings. The molecule has 0 aromatic heterocycles. The fourth-order valence-corrected chi connectivity index (χ4v) is 2.96. The highest BCUT2D eigenvalue weighted by atomic mass is 32.2. The van der Waals surface area contributed by atoms with Crippen molar-refractivity contribution in [2.75, 3.05) is 24.7 Å². The molecular weight excluding hydrogens is 328 g/mol. The van der Waals surface area contributed by atoms with Crippen molar-refractivity contribution in [2.24, 2.45) is 5.73 Å². The van der Waals surface area contributed by atoms with E-state index in [9.17, 15) is 13.2 Å². The van der Waals surface area contributed by atoms with Gasteiger partial charge in [-0.2, -0.15) is 0 Å². The lowest BCUT2D eigenvalue weighted by atomic mass is 9.98. The van der Waals surface area contributed by atoms with Crippen molar-refractivity contribution in [3.05, 3.63) is 53.6 Å². The molecular formula is C17H20N2O4S. The predicted octanol–water partition coefficient (Wildman–Crippen LogP) is 2.01. The van der Waals surface area contributed by atoms with Crippen molar-refractivity contribution in [3.63, 3.8) is 0 Å². The number of carbonyl (C=O) groups is 1. The molecule has 128 valence electrons. The highest BCUT2D eigenvalue weighted by molar-refractivity contribution is 7.92. The van der Waals surface area contributed by atoms with Crippen LogP contribution in [-0.4, -0.2) is 34.3 Å². The molecule has 0 spiro atoms. The van der Waals surface area contributed by atoms with E-state index in [1.165, 1.54) is 6.07 Å². The number of hydrogen-bond acceptors (Lipinski definition) is 4. The van der Waals surface area contributed by atoms with Gasteiger partial charge in [0.25, 0.3) is 5.91 Å². The molecule has 6 nitrogen and oxygen atoms in total. The third-order valence-corrected chi connectivity index (χ3v) is 4.05. The van der Waals surface area contributed by atoms with Gasteiger partial charge in [-0.25, -0.2) is 8.42 Å². The molecule has 0 aliphatic carbocycles. The third kappa shape index (κ3) is 4.56. The Hall–Kier alpha value is -2.38. The fraction of sp³-hybridized carbons (Fsp3) is 0.235. The maximum atomic E-state index is 11.7. The summed E-state index contributed by atoms with van der Waals surface area (Å²) in [4.78, 5) is 11.6. The Morgan fingerprint density at radius 1 is 1.17 bits per heavy atom. The van der Waals surface area contributed by atoms with E-state index < -0.39 is 15.9 Å². The van der Waals surface area contributed by atoms with Crippen molar-refractivity contribution in [3.8, 4) is 11.1 Å². The molecule has 2 aromatic rings. The topological polar surface area (TPSA) is 98.5 Å². The van der Waals surface area contributed by atoms with Crippen LogP contribution in [-0.2, 0) is 21.2 Å². The summed E-state index contributed by atoms with van der Waals surface area (Å²) in [6.07, 6.45) is 1.81. The molecule has 7 heteroatoms. The van der Waals surface area contributed by atoms with Gasteiger partial charge in [0.15, 0.2) is 0 Å². The minimum absolute atomic E-state index is 0.126. The molecule has 0 saturated heterocycles. The van der Waals surface area contributed by atoms with E-state index in [1.54, 1.807) is 19.2 Å². The Morgan fingerprint density at radius 2 is 1.83 bits per heavy atom. The second-order valence-electron chi connectivity index (χ2n) is 5.41. The average Bonchev–Trinajstić information content (AvgIpc) is 2.52. The van der Waals surface area contributed by atoms with Crippen molar-refractivity contribution >= 4 is 21.6 Å². The summed E-state index contributed by atoms with van der Waals surface area (Å²) in [6.45, 7) is 0.622. The third-order valence-electron chi connectivity index (χ3n) is 3.48. The van der Waals surface area contributed by atoms with Gasteiger partial charge in [-0.3, -0.25) is 9.52 Å². The number of anilines is 1. The van der Waals surface area contributed by atoms with Gasteiger partial charge in [-0.05, 0) is 23.6 Å². The summed E-state index contributed by atoms with van der Waals surface area (Å²) in [6, 6.07) is 12.5. The number of primary amides is 1.